The molecule has 92 valence electrons. The minimum atomic E-state index is 0.262. The van der Waals surface area contributed by atoms with Gasteiger partial charge < -0.3 is 10.4 Å². The fourth-order valence-electron chi connectivity index (χ4n) is 1.98. The molecular weight excluding hydrogens is 230 g/mol. The maximum atomic E-state index is 8.94. The first-order chi connectivity index (χ1) is 8.33. The van der Waals surface area contributed by atoms with E-state index in [0.29, 0.717) is 6.04 Å². The molecule has 17 heavy (non-hydrogen) atoms. The molecule has 0 radical (unpaired) electrons. The van der Waals surface area contributed by atoms with E-state index in [2.05, 4.69) is 42.6 Å². The molecule has 2 aromatic rings. The van der Waals surface area contributed by atoms with E-state index in [-0.39, 0.29) is 6.61 Å². The van der Waals surface area contributed by atoms with E-state index < -0.39 is 0 Å². The quantitative estimate of drug-likeness (QED) is 0.824. The molecule has 0 amide bonds. The van der Waals surface area contributed by atoms with Gasteiger partial charge in [-0.05, 0) is 30.4 Å². The fraction of sp³-hybridized carbons (Fsp3) is 0.429. The van der Waals surface area contributed by atoms with Crippen LogP contribution in [0, 0.1) is 0 Å². The predicted molar refractivity (Wildman–Crippen MR) is 74.4 cm³/mol. The summed E-state index contributed by atoms with van der Waals surface area (Å²) in [6, 6.07) is 11.1. The second-order valence-electron chi connectivity index (χ2n) is 4.25. The summed E-state index contributed by atoms with van der Waals surface area (Å²) < 4.78 is 1.35. The minimum absolute atomic E-state index is 0.262. The van der Waals surface area contributed by atoms with Crippen molar-refractivity contribution in [2.24, 2.45) is 0 Å². The maximum absolute atomic E-state index is 8.94. The van der Waals surface area contributed by atoms with E-state index >= 15 is 0 Å². The van der Waals surface area contributed by atoms with Crippen molar-refractivity contribution in [3.05, 3.63) is 35.2 Å². The highest BCUT2D eigenvalue weighted by molar-refractivity contribution is 7.19. The Balaban J connectivity index is 1.98. The molecule has 2 nitrogen and oxygen atoms in total. The van der Waals surface area contributed by atoms with Crippen LogP contribution in [-0.2, 0) is 6.54 Å². The van der Waals surface area contributed by atoms with E-state index in [1.807, 2.05) is 11.3 Å². The van der Waals surface area contributed by atoms with Crippen LogP contribution in [-0.4, -0.2) is 17.8 Å². The van der Waals surface area contributed by atoms with Crippen LogP contribution in [0.4, 0.5) is 0 Å². The number of hydrogen-bond acceptors (Lipinski definition) is 3. The number of aliphatic hydroxyl groups excluding tert-OH is 1. The van der Waals surface area contributed by atoms with Crippen molar-refractivity contribution in [1.29, 1.82) is 0 Å². The van der Waals surface area contributed by atoms with Gasteiger partial charge in [-0.1, -0.05) is 25.1 Å². The van der Waals surface area contributed by atoms with Gasteiger partial charge in [-0.3, -0.25) is 0 Å². The van der Waals surface area contributed by atoms with Gasteiger partial charge in [0.25, 0.3) is 0 Å². The van der Waals surface area contributed by atoms with Crippen molar-refractivity contribution < 1.29 is 5.11 Å². The smallest absolute Gasteiger partial charge is 0.0445 e. The van der Waals surface area contributed by atoms with Gasteiger partial charge in [0.05, 0.1) is 0 Å². The molecule has 0 saturated heterocycles. The number of fused-ring (bicyclic) bond motifs is 1. The Bertz CT molecular complexity index is 433. The maximum Gasteiger partial charge on any atom is 0.0445 e. The SMILES string of the molecule is CCC(CCO)NCc1cc2ccccc2s1. The first kappa shape index (κ1) is 12.6. The summed E-state index contributed by atoms with van der Waals surface area (Å²) in [5.41, 5.74) is 0. The summed E-state index contributed by atoms with van der Waals surface area (Å²) >= 11 is 1.84. The van der Waals surface area contributed by atoms with Crippen molar-refractivity contribution in [2.75, 3.05) is 6.61 Å². The third-order valence-corrected chi connectivity index (χ3v) is 4.13. The van der Waals surface area contributed by atoms with Crippen molar-refractivity contribution in [2.45, 2.75) is 32.4 Å². The summed E-state index contributed by atoms with van der Waals surface area (Å²) in [5, 5.41) is 13.8. The number of nitrogens with one attached hydrogen (secondary N) is 1. The normalized spacial score (nSPS) is 13.1. The lowest BCUT2D eigenvalue weighted by molar-refractivity contribution is 0.262. The standard InChI is InChI=1S/C14H19NOS/c1-2-12(7-8-16)15-10-13-9-11-5-3-4-6-14(11)17-13/h3-6,9,12,15-16H,2,7-8,10H2,1H3. The molecule has 1 aromatic carbocycles. The monoisotopic (exact) mass is 249 g/mol. The molecule has 0 aliphatic rings. The van der Waals surface area contributed by atoms with Crippen LogP contribution in [0.25, 0.3) is 10.1 Å². The number of hydrogen-bond donors (Lipinski definition) is 2. The predicted octanol–water partition coefficient (Wildman–Crippen LogP) is 3.15. The lowest BCUT2D eigenvalue weighted by Gasteiger charge is -2.14. The van der Waals surface area contributed by atoms with Gasteiger partial charge in [-0.15, -0.1) is 11.3 Å². The van der Waals surface area contributed by atoms with Gasteiger partial charge in [0.2, 0.25) is 0 Å². The third kappa shape index (κ3) is 3.28. The van der Waals surface area contributed by atoms with Crippen LogP contribution < -0.4 is 5.32 Å². The molecule has 2 N–H and O–H groups in total. The summed E-state index contributed by atoms with van der Waals surface area (Å²) in [7, 11) is 0. The number of thiophene rings is 1. The molecule has 0 bridgehead atoms. The fourth-order valence-corrected chi connectivity index (χ4v) is 2.99. The van der Waals surface area contributed by atoms with Crippen molar-refractivity contribution in [3.8, 4) is 0 Å². The molecule has 1 aromatic heterocycles. The second kappa shape index (κ2) is 6.15. The second-order valence-corrected chi connectivity index (χ2v) is 5.42. The first-order valence-corrected chi connectivity index (χ1v) is 6.97. The third-order valence-electron chi connectivity index (χ3n) is 3.01. The molecule has 2 rings (SSSR count). The first-order valence-electron chi connectivity index (χ1n) is 6.15. The molecule has 0 fully saturated rings. The zero-order chi connectivity index (χ0) is 12.1. The summed E-state index contributed by atoms with van der Waals surface area (Å²) in [4.78, 5) is 1.36. The van der Waals surface area contributed by atoms with E-state index in [4.69, 9.17) is 5.11 Å². The van der Waals surface area contributed by atoms with E-state index in [1.54, 1.807) is 0 Å². The van der Waals surface area contributed by atoms with Gasteiger partial charge in [-0.2, -0.15) is 0 Å². The Morgan fingerprint density at radius 2 is 2.18 bits per heavy atom. The van der Waals surface area contributed by atoms with Gasteiger partial charge in [0, 0.05) is 28.8 Å². The Morgan fingerprint density at radius 1 is 1.35 bits per heavy atom. The molecule has 1 atom stereocenters. The highest BCUT2D eigenvalue weighted by Gasteiger charge is 2.06. The zero-order valence-electron chi connectivity index (χ0n) is 10.1. The van der Waals surface area contributed by atoms with Crippen molar-refractivity contribution in [1.82, 2.24) is 5.32 Å². The van der Waals surface area contributed by atoms with Gasteiger partial charge in [0.15, 0.2) is 0 Å². The van der Waals surface area contributed by atoms with Crippen LogP contribution in [0.2, 0.25) is 0 Å². The average molecular weight is 249 g/mol. The topological polar surface area (TPSA) is 32.3 Å². The van der Waals surface area contributed by atoms with Crippen LogP contribution in [0.15, 0.2) is 30.3 Å². The van der Waals surface area contributed by atoms with Gasteiger partial charge >= 0.3 is 0 Å². The Morgan fingerprint density at radius 3 is 2.88 bits per heavy atom. The zero-order valence-corrected chi connectivity index (χ0v) is 11.0. The largest absolute Gasteiger partial charge is 0.396 e. The Hall–Kier alpha value is -0.900. The molecule has 1 heterocycles. The van der Waals surface area contributed by atoms with E-state index in [9.17, 15) is 0 Å². The molecule has 0 saturated carbocycles. The Labute approximate surface area is 106 Å². The van der Waals surface area contributed by atoms with Crippen LogP contribution in [0.1, 0.15) is 24.6 Å². The van der Waals surface area contributed by atoms with Gasteiger partial charge in [0.1, 0.15) is 0 Å². The van der Waals surface area contributed by atoms with Gasteiger partial charge in [-0.25, -0.2) is 0 Å². The molecule has 0 aliphatic heterocycles. The summed E-state index contributed by atoms with van der Waals surface area (Å²) in [5.74, 6) is 0. The van der Waals surface area contributed by atoms with E-state index in [0.717, 1.165) is 19.4 Å². The highest BCUT2D eigenvalue weighted by Crippen LogP contribution is 2.25. The molecule has 0 spiro atoms. The molecule has 0 aliphatic carbocycles. The summed E-state index contributed by atoms with van der Waals surface area (Å²) in [6.45, 7) is 3.31. The lowest BCUT2D eigenvalue weighted by Crippen LogP contribution is -2.28. The Kier molecular flexibility index (Phi) is 4.54. The summed E-state index contributed by atoms with van der Waals surface area (Å²) in [6.07, 6.45) is 1.90. The molecule has 1 unspecified atom stereocenters. The number of rotatable bonds is 6. The number of benzene rings is 1. The number of aliphatic hydroxyl groups is 1. The highest BCUT2D eigenvalue weighted by atomic mass is 32.1. The minimum Gasteiger partial charge on any atom is -0.396 e. The molecular formula is C14H19NOS. The van der Waals surface area contributed by atoms with Crippen LogP contribution in [0.3, 0.4) is 0 Å². The van der Waals surface area contributed by atoms with Crippen LogP contribution in [0.5, 0.6) is 0 Å². The van der Waals surface area contributed by atoms with Crippen LogP contribution >= 0.6 is 11.3 Å². The van der Waals surface area contributed by atoms with E-state index in [1.165, 1.54) is 15.0 Å². The lowest BCUT2D eigenvalue weighted by atomic mass is 10.1. The average Bonchev–Trinajstić information content (AvgIpc) is 2.77. The van der Waals surface area contributed by atoms with Crippen molar-refractivity contribution in [3.63, 3.8) is 0 Å². The van der Waals surface area contributed by atoms with Crippen molar-refractivity contribution >= 4 is 21.4 Å². The molecule has 3 heteroatoms.